The van der Waals surface area contributed by atoms with Crippen LogP contribution < -0.4 is 9.47 Å². The number of carbonyl (C=O) groups is 1. The molecule has 0 spiro atoms. The van der Waals surface area contributed by atoms with Crippen molar-refractivity contribution in [1.82, 2.24) is 0 Å². The van der Waals surface area contributed by atoms with Crippen molar-refractivity contribution in [3.63, 3.8) is 0 Å². The molecular weight excluding hydrogens is 332 g/mol. The molecule has 0 saturated carbocycles. The molecule has 6 nitrogen and oxygen atoms in total. The van der Waals surface area contributed by atoms with E-state index in [1.165, 1.54) is 13.2 Å². The topological polar surface area (TPSA) is 92.3 Å². The monoisotopic (exact) mass is 348 g/mol. The van der Waals surface area contributed by atoms with Crippen molar-refractivity contribution in [3.05, 3.63) is 65.2 Å². The highest BCUT2D eigenvalue weighted by Crippen LogP contribution is 2.16. The number of methoxy groups -OCH3 is 1. The van der Waals surface area contributed by atoms with Crippen LogP contribution in [0.3, 0.4) is 0 Å². The molecule has 0 unspecified atom stereocenters. The molecule has 0 aromatic heterocycles. The average molecular weight is 348 g/mol. The van der Waals surface area contributed by atoms with E-state index in [9.17, 15) is 4.79 Å². The predicted octanol–water partition coefficient (Wildman–Crippen LogP) is 3.36. The summed E-state index contributed by atoms with van der Waals surface area (Å²) in [4.78, 5) is 11.4. The van der Waals surface area contributed by atoms with Gasteiger partial charge in [0.05, 0.1) is 12.7 Å². The van der Waals surface area contributed by atoms with Crippen LogP contribution in [0.25, 0.3) is 6.08 Å². The van der Waals surface area contributed by atoms with E-state index < -0.39 is 5.97 Å². The van der Waals surface area contributed by atoms with Gasteiger partial charge < -0.3 is 14.2 Å². The lowest BCUT2D eigenvalue weighted by molar-refractivity contribution is 0.0600. The SMILES string of the molecule is COC(=O)c1ccc(OCCOc2cccc(C=C(C#N)C#N)c2)cc1. The van der Waals surface area contributed by atoms with E-state index in [0.717, 1.165) is 0 Å². The van der Waals surface area contributed by atoms with Crippen LogP contribution in [-0.2, 0) is 4.74 Å². The second-order valence-electron chi connectivity index (χ2n) is 5.07. The Balaban J connectivity index is 1.85. The number of ether oxygens (including phenoxy) is 3. The quantitative estimate of drug-likeness (QED) is 0.433. The van der Waals surface area contributed by atoms with E-state index in [0.29, 0.717) is 35.8 Å². The van der Waals surface area contributed by atoms with E-state index in [1.54, 1.807) is 48.5 Å². The number of benzene rings is 2. The van der Waals surface area contributed by atoms with E-state index in [2.05, 4.69) is 4.74 Å². The Morgan fingerprint density at radius 1 is 1.00 bits per heavy atom. The normalized spacial score (nSPS) is 9.35. The molecule has 0 fully saturated rings. The number of hydrogen-bond acceptors (Lipinski definition) is 6. The zero-order chi connectivity index (χ0) is 18.8. The highest BCUT2D eigenvalue weighted by Gasteiger charge is 2.04. The van der Waals surface area contributed by atoms with Crippen LogP contribution in [-0.4, -0.2) is 26.3 Å². The van der Waals surface area contributed by atoms with E-state index in [-0.39, 0.29) is 5.57 Å². The molecule has 2 aromatic carbocycles. The molecule has 2 rings (SSSR count). The van der Waals surface area contributed by atoms with Gasteiger partial charge in [0.2, 0.25) is 0 Å². The Kier molecular flexibility index (Phi) is 6.79. The molecule has 2 aromatic rings. The van der Waals surface area contributed by atoms with Gasteiger partial charge in [0.15, 0.2) is 0 Å². The summed E-state index contributed by atoms with van der Waals surface area (Å²) in [7, 11) is 1.33. The molecule has 0 aliphatic heterocycles. The molecule has 0 N–H and O–H groups in total. The summed E-state index contributed by atoms with van der Waals surface area (Å²) in [6.07, 6.45) is 1.49. The Bertz CT molecular complexity index is 858. The van der Waals surface area contributed by atoms with Gasteiger partial charge in [-0.25, -0.2) is 4.79 Å². The zero-order valence-corrected chi connectivity index (χ0v) is 14.1. The number of hydrogen-bond donors (Lipinski definition) is 0. The number of nitrogens with zero attached hydrogens (tertiary/aromatic N) is 2. The summed E-state index contributed by atoms with van der Waals surface area (Å²) in [5, 5.41) is 17.6. The second kappa shape index (κ2) is 9.51. The molecule has 0 radical (unpaired) electrons. The molecule has 130 valence electrons. The molecule has 0 aliphatic carbocycles. The lowest BCUT2D eigenvalue weighted by atomic mass is 10.1. The Hall–Kier alpha value is -3.77. The maximum atomic E-state index is 11.4. The summed E-state index contributed by atoms with van der Waals surface area (Å²) in [5.74, 6) is 0.828. The Morgan fingerprint density at radius 3 is 2.27 bits per heavy atom. The van der Waals surface area contributed by atoms with Gasteiger partial charge in [0.25, 0.3) is 0 Å². The van der Waals surface area contributed by atoms with E-state index in [1.807, 2.05) is 12.1 Å². The number of carbonyl (C=O) groups excluding carboxylic acids is 1. The van der Waals surface area contributed by atoms with Crippen molar-refractivity contribution >= 4 is 12.0 Å². The van der Waals surface area contributed by atoms with Gasteiger partial charge in [-0.2, -0.15) is 10.5 Å². The van der Waals surface area contributed by atoms with Crippen molar-refractivity contribution in [1.29, 1.82) is 10.5 Å². The highest BCUT2D eigenvalue weighted by molar-refractivity contribution is 5.89. The predicted molar refractivity (Wildman–Crippen MR) is 94.4 cm³/mol. The smallest absolute Gasteiger partial charge is 0.337 e. The third-order valence-electron chi connectivity index (χ3n) is 3.31. The van der Waals surface area contributed by atoms with E-state index in [4.69, 9.17) is 20.0 Å². The highest BCUT2D eigenvalue weighted by atomic mass is 16.5. The summed E-state index contributed by atoms with van der Waals surface area (Å²) in [6.45, 7) is 0.633. The van der Waals surface area contributed by atoms with Crippen LogP contribution >= 0.6 is 0 Å². The maximum absolute atomic E-state index is 11.4. The van der Waals surface area contributed by atoms with Crippen molar-refractivity contribution < 1.29 is 19.0 Å². The minimum atomic E-state index is -0.398. The van der Waals surface area contributed by atoms with Gasteiger partial charge in [0.1, 0.15) is 42.4 Å². The number of esters is 1. The average Bonchev–Trinajstić information content (AvgIpc) is 2.69. The van der Waals surface area contributed by atoms with Gasteiger partial charge >= 0.3 is 5.97 Å². The molecule has 0 heterocycles. The maximum Gasteiger partial charge on any atom is 0.337 e. The second-order valence-corrected chi connectivity index (χ2v) is 5.07. The fraction of sp³-hybridized carbons (Fsp3) is 0.150. The summed E-state index contributed by atoms with van der Waals surface area (Å²) < 4.78 is 15.8. The van der Waals surface area contributed by atoms with Gasteiger partial charge in [-0.3, -0.25) is 0 Å². The van der Waals surface area contributed by atoms with Crippen molar-refractivity contribution in [2.24, 2.45) is 0 Å². The van der Waals surface area contributed by atoms with E-state index >= 15 is 0 Å². The first-order valence-electron chi connectivity index (χ1n) is 7.72. The fourth-order valence-electron chi connectivity index (χ4n) is 2.07. The molecule has 0 saturated heterocycles. The number of rotatable bonds is 7. The Morgan fingerprint density at radius 2 is 1.65 bits per heavy atom. The van der Waals surface area contributed by atoms with Gasteiger partial charge in [-0.15, -0.1) is 0 Å². The standard InChI is InChI=1S/C20H16N2O4/c1-24-20(23)17-5-7-18(8-6-17)25-9-10-26-19-4-2-3-15(12-19)11-16(13-21)14-22/h2-8,11-12H,9-10H2,1H3. The van der Waals surface area contributed by atoms with Crippen molar-refractivity contribution in [2.75, 3.05) is 20.3 Å². The van der Waals surface area contributed by atoms with Crippen molar-refractivity contribution in [3.8, 4) is 23.6 Å². The number of allylic oxidation sites excluding steroid dienone is 1. The lowest BCUT2D eigenvalue weighted by Crippen LogP contribution is -2.09. The first-order valence-corrected chi connectivity index (χ1v) is 7.72. The lowest BCUT2D eigenvalue weighted by Gasteiger charge is -2.09. The van der Waals surface area contributed by atoms with Crippen LogP contribution in [0.4, 0.5) is 0 Å². The summed E-state index contributed by atoms with van der Waals surface area (Å²) >= 11 is 0. The summed E-state index contributed by atoms with van der Waals surface area (Å²) in [6, 6.07) is 17.3. The zero-order valence-electron chi connectivity index (χ0n) is 14.1. The van der Waals surface area contributed by atoms with Crippen LogP contribution in [0.15, 0.2) is 54.1 Å². The molecule has 0 aliphatic rings. The minimum Gasteiger partial charge on any atom is -0.490 e. The van der Waals surface area contributed by atoms with Gasteiger partial charge in [0, 0.05) is 0 Å². The van der Waals surface area contributed by atoms with Gasteiger partial charge in [-0.05, 0) is 48.0 Å². The molecule has 26 heavy (non-hydrogen) atoms. The van der Waals surface area contributed by atoms with Crippen molar-refractivity contribution in [2.45, 2.75) is 0 Å². The van der Waals surface area contributed by atoms with Crippen LogP contribution in [0.1, 0.15) is 15.9 Å². The third-order valence-corrected chi connectivity index (χ3v) is 3.31. The largest absolute Gasteiger partial charge is 0.490 e. The van der Waals surface area contributed by atoms with Crippen LogP contribution in [0, 0.1) is 22.7 Å². The fourth-order valence-corrected chi connectivity index (χ4v) is 2.07. The molecule has 0 amide bonds. The van der Waals surface area contributed by atoms with Crippen LogP contribution in [0.5, 0.6) is 11.5 Å². The first kappa shape index (κ1) is 18.6. The first-order chi connectivity index (χ1) is 12.7. The number of nitriles is 2. The summed E-state index contributed by atoms with van der Waals surface area (Å²) in [5.41, 5.74) is 1.19. The minimum absolute atomic E-state index is 0.0286. The molecule has 0 bridgehead atoms. The van der Waals surface area contributed by atoms with Gasteiger partial charge in [-0.1, -0.05) is 12.1 Å². The molecule has 0 atom stereocenters. The molecule has 6 heteroatoms. The van der Waals surface area contributed by atoms with Crippen LogP contribution in [0.2, 0.25) is 0 Å². The third kappa shape index (κ3) is 5.40. The molecular formula is C20H16N2O4. The Labute approximate surface area is 151 Å².